The number of aliphatic carboxylic acids is 1. The normalized spacial score (nSPS) is 13.3. The molecule has 2 unspecified atom stereocenters. The minimum atomic E-state index is -1.33. The summed E-state index contributed by atoms with van der Waals surface area (Å²) >= 11 is 0. The van der Waals surface area contributed by atoms with E-state index in [2.05, 4.69) is 21.9 Å². The van der Waals surface area contributed by atoms with Gasteiger partial charge in [0, 0.05) is 13.1 Å². The van der Waals surface area contributed by atoms with Gasteiger partial charge in [-0.15, -0.1) is 0 Å². The van der Waals surface area contributed by atoms with Crippen LogP contribution in [0.2, 0.25) is 0 Å². The fourth-order valence-corrected chi connectivity index (χ4v) is 1.64. The summed E-state index contributed by atoms with van der Waals surface area (Å²) in [6.07, 6.45) is -1.45. The Morgan fingerprint density at radius 2 is 1.83 bits per heavy atom. The molecule has 2 atom stereocenters. The zero-order valence-electron chi connectivity index (χ0n) is 14.2. The Morgan fingerprint density at radius 1 is 1.21 bits per heavy atom. The lowest BCUT2D eigenvalue weighted by Crippen LogP contribution is -2.41. The Bertz CT molecular complexity index is 446. The average Bonchev–Trinajstić information content (AvgIpc) is 2.44. The number of carbonyl (C=O) groups excluding carboxylic acids is 2. The first-order valence-corrected chi connectivity index (χ1v) is 7.46. The van der Waals surface area contributed by atoms with Crippen LogP contribution in [0.1, 0.15) is 27.2 Å². The molecule has 0 spiro atoms. The number of aliphatic hydroxyl groups excluding tert-OH is 1. The molecule has 0 saturated heterocycles. The minimum absolute atomic E-state index is 0.00382. The van der Waals surface area contributed by atoms with Crippen LogP contribution in [0.25, 0.3) is 0 Å². The summed E-state index contributed by atoms with van der Waals surface area (Å²) in [7, 11) is 0. The summed E-state index contributed by atoms with van der Waals surface area (Å²) < 4.78 is 9.66. The van der Waals surface area contributed by atoms with Gasteiger partial charge in [-0.1, -0.05) is 12.7 Å². The van der Waals surface area contributed by atoms with E-state index in [-0.39, 0.29) is 26.1 Å². The molecule has 0 fully saturated rings. The van der Waals surface area contributed by atoms with Gasteiger partial charge in [0.05, 0.1) is 12.0 Å². The largest absolute Gasteiger partial charge is 0.481 e. The predicted molar refractivity (Wildman–Crippen MR) is 85.5 cm³/mol. The third kappa shape index (κ3) is 10.4. The van der Waals surface area contributed by atoms with Crippen LogP contribution in [-0.4, -0.2) is 59.8 Å². The Hall–Kier alpha value is -2.29. The van der Waals surface area contributed by atoms with Crippen molar-refractivity contribution in [3.05, 3.63) is 12.7 Å². The monoisotopic (exact) mass is 346 g/mol. The molecule has 0 aliphatic rings. The van der Waals surface area contributed by atoms with E-state index in [4.69, 9.17) is 9.84 Å². The Balaban J connectivity index is 4.29. The van der Waals surface area contributed by atoms with Gasteiger partial charge in [0.2, 0.25) is 0 Å². The van der Waals surface area contributed by atoms with Crippen LogP contribution in [-0.2, 0) is 14.3 Å². The predicted octanol–water partition coefficient (Wildman–Crippen LogP) is 0.875. The fraction of sp³-hybridized carbons (Fsp3) is 0.667. The van der Waals surface area contributed by atoms with Gasteiger partial charge in [-0.2, -0.15) is 0 Å². The van der Waals surface area contributed by atoms with Crippen LogP contribution in [0.3, 0.4) is 0 Å². The van der Waals surface area contributed by atoms with Gasteiger partial charge in [0.15, 0.2) is 0 Å². The summed E-state index contributed by atoms with van der Waals surface area (Å²) in [5.41, 5.74) is -0.661. The standard InChI is InChI=1S/C15H26N2O7/c1-5-8-23-13(21)17-9-11(18)10(12(19)20)6-7-16-14(22)24-15(2,3)4/h5,10-11,18H,1,6-9H2,2-4H3,(H,16,22)(H,17,21)(H,19,20). The number of carboxylic acid groups (broad SMARTS) is 1. The van der Waals surface area contributed by atoms with Crippen LogP contribution in [0.15, 0.2) is 12.7 Å². The van der Waals surface area contributed by atoms with Crippen molar-refractivity contribution in [2.45, 2.75) is 38.9 Å². The van der Waals surface area contributed by atoms with Crippen molar-refractivity contribution in [2.75, 3.05) is 19.7 Å². The molecular formula is C15H26N2O7. The second-order valence-corrected chi connectivity index (χ2v) is 6.00. The summed E-state index contributed by atoms with van der Waals surface area (Å²) in [4.78, 5) is 33.9. The maximum atomic E-state index is 11.5. The number of carboxylic acids is 1. The highest BCUT2D eigenvalue weighted by Crippen LogP contribution is 2.10. The SMILES string of the molecule is C=CCOC(=O)NCC(O)C(CCNC(=O)OC(C)(C)C)C(=O)O. The van der Waals surface area contributed by atoms with Gasteiger partial charge in [0.25, 0.3) is 0 Å². The molecule has 9 heteroatoms. The van der Waals surface area contributed by atoms with E-state index in [1.165, 1.54) is 6.08 Å². The van der Waals surface area contributed by atoms with Gasteiger partial charge in [0.1, 0.15) is 12.2 Å². The molecule has 24 heavy (non-hydrogen) atoms. The first kappa shape index (κ1) is 21.7. The molecule has 4 N–H and O–H groups in total. The lowest BCUT2D eigenvalue weighted by Gasteiger charge is -2.21. The highest BCUT2D eigenvalue weighted by atomic mass is 16.6. The van der Waals surface area contributed by atoms with E-state index in [1.54, 1.807) is 20.8 Å². The van der Waals surface area contributed by atoms with Gasteiger partial charge in [-0.3, -0.25) is 4.79 Å². The van der Waals surface area contributed by atoms with Gasteiger partial charge in [-0.05, 0) is 27.2 Å². The smallest absolute Gasteiger partial charge is 0.407 e. The summed E-state index contributed by atoms with van der Waals surface area (Å²) in [5.74, 6) is -2.41. The molecule has 0 aliphatic heterocycles. The van der Waals surface area contributed by atoms with Crippen molar-refractivity contribution >= 4 is 18.2 Å². The number of alkyl carbamates (subject to hydrolysis) is 2. The molecule has 0 radical (unpaired) electrons. The van der Waals surface area contributed by atoms with Crippen molar-refractivity contribution < 1.29 is 34.1 Å². The number of amides is 2. The van der Waals surface area contributed by atoms with E-state index in [1.807, 2.05) is 0 Å². The molecule has 0 bridgehead atoms. The summed E-state index contributed by atoms with van der Waals surface area (Å²) in [5, 5.41) is 23.7. The lowest BCUT2D eigenvalue weighted by molar-refractivity contribution is -0.145. The molecule has 138 valence electrons. The molecule has 0 aromatic heterocycles. The molecular weight excluding hydrogens is 320 g/mol. The Kier molecular flexibility index (Phi) is 9.48. The zero-order valence-corrected chi connectivity index (χ0v) is 14.2. The van der Waals surface area contributed by atoms with E-state index in [0.29, 0.717) is 0 Å². The zero-order chi connectivity index (χ0) is 18.8. The van der Waals surface area contributed by atoms with Crippen molar-refractivity contribution in [3.8, 4) is 0 Å². The number of hydrogen-bond acceptors (Lipinski definition) is 6. The van der Waals surface area contributed by atoms with Crippen LogP contribution in [0, 0.1) is 5.92 Å². The van der Waals surface area contributed by atoms with Gasteiger partial charge >= 0.3 is 18.2 Å². The molecule has 0 heterocycles. The number of hydrogen-bond donors (Lipinski definition) is 4. The van der Waals surface area contributed by atoms with Gasteiger partial charge in [-0.25, -0.2) is 9.59 Å². The molecule has 9 nitrogen and oxygen atoms in total. The van der Waals surface area contributed by atoms with Crippen molar-refractivity contribution in [1.82, 2.24) is 10.6 Å². The third-order valence-corrected chi connectivity index (χ3v) is 2.69. The third-order valence-electron chi connectivity index (χ3n) is 2.69. The van der Waals surface area contributed by atoms with Crippen molar-refractivity contribution in [2.24, 2.45) is 5.92 Å². The highest BCUT2D eigenvalue weighted by Gasteiger charge is 2.27. The van der Waals surface area contributed by atoms with Crippen LogP contribution in [0.5, 0.6) is 0 Å². The van der Waals surface area contributed by atoms with Gasteiger partial charge < -0.3 is 30.3 Å². The maximum Gasteiger partial charge on any atom is 0.407 e. The summed E-state index contributed by atoms with van der Waals surface area (Å²) in [6, 6.07) is 0. The lowest BCUT2D eigenvalue weighted by atomic mass is 9.98. The van der Waals surface area contributed by atoms with E-state index >= 15 is 0 Å². The Morgan fingerprint density at radius 3 is 2.33 bits per heavy atom. The van der Waals surface area contributed by atoms with Crippen molar-refractivity contribution in [1.29, 1.82) is 0 Å². The molecule has 0 aromatic carbocycles. The number of nitrogens with one attached hydrogen (secondary N) is 2. The first-order valence-electron chi connectivity index (χ1n) is 7.46. The maximum absolute atomic E-state index is 11.5. The molecule has 0 aromatic rings. The average molecular weight is 346 g/mol. The number of rotatable bonds is 9. The van der Waals surface area contributed by atoms with E-state index < -0.39 is 35.8 Å². The number of aliphatic hydroxyl groups is 1. The number of carbonyl (C=O) groups is 3. The van der Waals surface area contributed by atoms with Crippen LogP contribution in [0.4, 0.5) is 9.59 Å². The molecule has 0 saturated carbocycles. The molecule has 0 rings (SSSR count). The quantitative estimate of drug-likeness (QED) is 0.455. The fourth-order valence-electron chi connectivity index (χ4n) is 1.64. The summed E-state index contributed by atoms with van der Waals surface area (Å²) in [6.45, 7) is 8.19. The second-order valence-electron chi connectivity index (χ2n) is 6.00. The topological polar surface area (TPSA) is 134 Å². The van der Waals surface area contributed by atoms with Crippen LogP contribution < -0.4 is 10.6 Å². The molecule has 2 amide bonds. The number of ether oxygens (including phenoxy) is 2. The molecule has 0 aliphatic carbocycles. The second kappa shape index (κ2) is 10.5. The van der Waals surface area contributed by atoms with Crippen LogP contribution >= 0.6 is 0 Å². The van der Waals surface area contributed by atoms with Crippen molar-refractivity contribution in [3.63, 3.8) is 0 Å². The first-order chi connectivity index (χ1) is 11.1. The Labute approximate surface area is 141 Å². The minimum Gasteiger partial charge on any atom is -0.481 e. The van der Waals surface area contributed by atoms with E-state index in [0.717, 1.165) is 0 Å². The van der Waals surface area contributed by atoms with E-state index in [9.17, 15) is 19.5 Å². The highest BCUT2D eigenvalue weighted by molar-refractivity contribution is 5.72.